The Kier molecular flexibility index (Phi) is 5.06. The Hall–Kier alpha value is -1.45. The highest BCUT2D eigenvalue weighted by Gasteiger charge is 2.41. The number of nitrogens with one attached hydrogen (secondary N) is 1. The highest BCUT2D eigenvalue weighted by Crippen LogP contribution is 2.45. The van der Waals surface area contributed by atoms with Crippen LogP contribution in [0.5, 0.6) is 0 Å². The maximum Gasteiger partial charge on any atom is 0.193 e. The zero-order valence-corrected chi connectivity index (χ0v) is 13.8. The first-order chi connectivity index (χ1) is 10.8. The first-order valence-corrected chi connectivity index (χ1v) is 8.87. The second-order valence-electron chi connectivity index (χ2n) is 6.84. The zero-order chi connectivity index (χ0) is 15.3. The fraction of sp³-hybridized carbons (Fsp3) is 0.722. The van der Waals surface area contributed by atoms with Gasteiger partial charge in [-0.1, -0.05) is 19.8 Å². The van der Waals surface area contributed by atoms with Gasteiger partial charge in [-0.25, -0.2) is 0 Å². The lowest BCUT2D eigenvalue weighted by Gasteiger charge is -2.26. The summed E-state index contributed by atoms with van der Waals surface area (Å²) in [5.74, 6) is 2.15. The monoisotopic (exact) mass is 303 g/mol. The molecule has 4 heteroatoms. The van der Waals surface area contributed by atoms with Crippen molar-refractivity contribution in [1.29, 1.82) is 0 Å². The molecule has 4 nitrogen and oxygen atoms in total. The topological polar surface area (TPSA) is 40.8 Å². The van der Waals surface area contributed by atoms with E-state index in [1.807, 2.05) is 12.1 Å². The van der Waals surface area contributed by atoms with Crippen molar-refractivity contribution in [2.24, 2.45) is 10.4 Å². The van der Waals surface area contributed by atoms with Gasteiger partial charge in [-0.2, -0.15) is 0 Å². The summed E-state index contributed by atoms with van der Waals surface area (Å²) in [6, 6.07) is 3.99. The number of hydrogen-bond acceptors (Lipinski definition) is 2. The zero-order valence-electron chi connectivity index (χ0n) is 13.8. The van der Waals surface area contributed by atoms with Gasteiger partial charge in [-0.05, 0) is 43.2 Å². The number of likely N-dealkylation sites (tertiary alicyclic amines) is 1. The molecule has 1 aromatic heterocycles. The van der Waals surface area contributed by atoms with Crippen LogP contribution in [0.3, 0.4) is 0 Å². The molecule has 0 amide bonds. The molecule has 0 radical (unpaired) electrons. The van der Waals surface area contributed by atoms with Crippen molar-refractivity contribution in [1.82, 2.24) is 10.2 Å². The summed E-state index contributed by atoms with van der Waals surface area (Å²) in [7, 11) is 0. The second kappa shape index (κ2) is 7.21. The molecule has 0 bridgehead atoms. The van der Waals surface area contributed by atoms with E-state index in [-0.39, 0.29) is 0 Å². The minimum absolute atomic E-state index is 0.593. The van der Waals surface area contributed by atoms with E-state index in [0.717, 1.165) is 44.2 Å². The predicted octanol–water partition coefficient (Wildman–Crippen LogP) is 3.44. The van der Waals surface area contributed by atoms with Crippen LogP contribution in [0.2, 0.25) is 0 Å². The molecule has 1 N–H and O–H groups in total. The van der Waals surface area contributed by atoms with E-state index in [1.54, 1.807) is 6.26 Å². The molecule has 1 saturated heterocycles. The Bertz CT molecular complexity index is 475. The lowest BCUT2D eigenvalue weighted by atomic mass is 9.86. The summed E-state index contributed by atoms with van der Waals surface area (Å²) >= 11 is 0. The molecule has 1 aliphatic heterocycles. The van der Waals surface area contributed by atoms with Crippen molar-refractivity contribution >= 4 is 5.96 Å². The number of aliphatic imine (C=N–C) groups is 1. The van der Waals surface area contributed by atoms with Gasteiger partial charge in [0, 0.05) is 32.6 Å². The van der Waals surface area contributed by atoms with Gasteiger partial charge in [0.15, 0.2) is 5.96 Å². The van der Waals surface area contributed by atoms with Crippen molar-refractivity contribution in [3.05, 3.63) is 24.2 Å². The molecule has 0 aromatic carbocycles. The average molecular weight is 303 g/mol. The Morgan fingerprint density at radius 1 is 1.36 bits per heavy atom. The molecule has 1 saturated carbocycles. The van der Waals surface area contributed by atoms with E-state index in [4.69, 9.17) is 9.41 Å². The fourth-order valence-corrected chi connectivity index (χ4v) is 3.89. The van der Waals surface area contributed by atoms with E-state index in [0.29, 0.717) is 5.41 Å². The smallest absolute Gasteiger partial charge is 0.193 e. The first-order valence-electron chi connectivity index (χ1n) is 8.87. The summed E-state index contributed by atoms with van der Waals surface area (Å²) in [5.41, 5.74) is 0.593. The summed E-state index contributed by atoms with van der Waals surface area (Å²) in [6.07, 6.45) is 10.8. The van der Waals surface area contributed by atoms with Crippen molar-refractivity contribution in [2.45, 2.75) is 51.9 Å². The summed E-state index contributed by atoms with van der Waals surface area (Å²) < 4.78 is 5.40. The minimum atomic E-state index is 0.593. The molecule has 2 fully saturated rings. The van der Waals surface area contributed by atoms with Crippen molar-refractivity contribution in [2.75, 3.05) is 26.2 Å². The first kappa shape index (κ1) is 15.4. The summed E-state index contributed by atoms with van der Waals surface area (Å²) in [6.45, 7) is 6.35. The highest BCUT2D eigenvalue weighted by molar-refractivity contribution is 5.80. The van der Waals surface area contributed by atoms with Gasteiger partial charge in [0.25, 0.3) is 0 Å². The van der Waals surface area contributed by atoms with E-state index >= 15 is 0 Å². The van der Waals surface area contributed by atoms with Gasteiger partial charge in [0.1, 0.15) is 5.76 Å². The summed E-state index contributed by atoms with van der Waals surface area (Å²) in [5, 5.41) is 3.56. The Morgan fingerprint density at radius 2 is 2.23 bits per heavy atom. The third kappa shape index (κ3) is 3.65. The van der Waals surface area contributed by atoms with Gasteiger partial charge < -0.3 is 14.6 Å². The Morgan fingerprint density at radius 3 is 2.95 bits per heavy atom. The molecule has 0 atom stereocenters. The second-order valence-corrected chi connectivity index (χ2v) is 6.84. The molecule has 1 spiro atoms. The fourth-order valence-electron chi connectivity index (χ4n) is 3.89. The molecule has 3 rings (SSSR count). The maximum absolute atomic E-state index is 5.40. The molecular weight excluding hydrogens is 274 g/mol. The van der Waals surface area contributed by atoms with Crippen LogP contribution in [0.1, 0.15) is 51.2 Å². The number of rotatable bonds is 5. The van der Waals surface area contributed by atoms with Gasteiger partial charge >= 0.3 is 0 Å². The molecular formula is C18H29N3O. The number of guanidine groups is 1. The summed E-state index contributed by atoms with van der Waals surface area (Å²) in [4.78, 5) is 7.29. The number of hydrogen-bond donors (Lipinski definition) is 1. The van der Waals surface area contributed by atoms with Crippen molar-refractivity contribution in [3.63, 3.8) is 0 Å². The van der Waals surface area contributed by atoms with E-state index in [1.165, 1.54) is 38.6 Å². The number of furan rings is 1. The van der Waals surface area contributed by atoms with Gasteiger partial charge in [-0.3, -0.25) is 4.99 Å². The van der Waals surface area contributed by atoms with E-state index in [9.17, 15) is 0 Å². The van der Waals surface area contributed by atoms with Gasteiger partial charge in [0.05, 0.1) is 6.26 Å². The standard InChI is InChI=1S/C18H29N3O/c1-2-11-19-17(20-12-7-16-6-5-14-22-16)21-13-10-18(15-21)8-3-4-9-18/h5-6,14H,2-4,7-13,15H2,1H3,(H,19,20). The maximum atomic E-state index is 5.40. The molecule has 122 valence electrons. The van der Waals surface area contributed by atoms with Gasteiger partial charge in [0.2, 0.25) is 0 Å². The number of nitrogens with zero attached hydrogens (tertiary/aromatic N) is 2. The highest BCUT2D eigenvalue weighted by atomic mass is 16.3. The molecule has 1 aromatic rings. The van der Waals surface area contributed by atoms with Crippen molar-refractivity contribution < 1.29 is 4.42 Å². The third-order valence-corrected chi connectivity index (χ3v) is 5.12. The Balaban J connectivity index is 1.55. The van der Waals surface area contributed by atoms with Crippen LogP contribution < -0.4 is 5.32 Å². The van der Waals surface area contributed by atoms with Crippen LogP contribution in [-0.4, -0.2) is 37.0 Å². The lowest BCUT2D eigenvalue weighted by Crippen LogP contribution is -2.42. The predicted molar refractivity (Wildman–Crippen MR) is 90.1 cm³/mol. The quantitative estimate of drug-likeness (QED) is 0.669. The van der Waals surface area contributed by atoms with Crippen LogP contribution in [0.15, 0.2) is 27.8 Å². The average Bonchev–Trinajstić information content (AvgIpc) is 3.26. The minimum Gasteiger partial charge on any atom is -0.469 e. The molecule has 1 aliphatic carbocycles. The molecule has 2 heterocycles. The van der Waals surface area contributed by atoms with Crippen molar-refractivity contribution in [3.8, 4) is 0 Å². The largest absolute Gasteiger partial charge is 0.469 e. The van der Waals surface area contributed by atoms with Crippen LogP contribution in [0.4, 0.5) is 0 Å². The van der Waals surface area contributed by atoms with Crippen LogP contribution >= 0.6 is 0 Å². The molecule has 22 heavy (non-hydrogen) atoms. The molecule has 0 unspecified atom stereocenters. The van der Waals surface area contributed by atoms with E-state index < -0.39 is 0 Å². The third-order valence-electron chi connectivity index (χ3n) is 5.12. The van der Waals surface area contributed by atoms with Crippen LogP contribution in [-0.2, 0) is 6.42 Å². The normalized spacial score (nSPS) is 21.0. The SMILES string of the molecule is CCCN=C(NCCc1ccco1)N1CCC2(CCCC2)C1. The van der Waals surface area contributed by atoms with Crippen LogP contribution in [0.25, 0.3) is 0 Å². The lowest BCUT2D eigenvalue weighted by molar-refractivity contribution is 0.309. The molecule has 2 aliphatic rings. The van der Waals surface area contributed by atoms with Gasteiger partial charge in [-0.15, -0.1) is 0 Å². The Labute approximate surface area is 134 Å². The van der Waals surface area contributed by atoms with E-state index in [2.05, 4.69) is 17.1 Å². The van der Waals surface area contributed by atoms with Crippen LogP contribution in [0, 0.1) is 5.41 Å².